The maximum absolute atomic E-state index is 12.5. The van der Waals surface area contributed by atoms with Crippen LogP contribution in [0.1, 0.15) is 55.8 Å². The Bertz CT molecular complexity index is 1810. The third kappa shape index (κ3) is 4.08. The van der Waals surface area contributed by atoms with E-state index in [4.69, 9.17) is 15.0 Å². The molecule has 0 saturated heterocycles. The average molecular weight is 518 g/mol. The molecule has 10 nitrogen and oxygen atoms in total. The molecule has 1 fully saturated rings. The molecule has 0 radical (unpaired) electrons. The second kappa shape index (κ2) is 8.39. The molecule has 1 amide bonds. The molecule has 39 heavy (non-hydrogen) atoms. The predicted octanol–water partition coefficient (Wildman–Crippen LogP) is 4.60. The van der Waals surface area contributed by atoms with E-state index in [9.17, 15) is 4.79 Å². The van der Waals surface area contributed by atoms with Crippen LogP contribution in [0.3, 0.4) is 0 Å². The van der Waals surface area contributed by atoms with Gasteiger partial charge in [0.15, 0.2) is 11.6 Å². The van der Waals surface area contributed by atoms with Gasteiger partial charge in [-0.3, -0.25) is 24.3 Å². The number of fused-ring (bicyclic) bond motifs is 4. The summed E-state index contributed by atoms with van der Waals surface area (Å²) in [5, 5.41) is 2.96. The van der Waals surface area contributed by atoms with Crippen molar-refractivity contribution in [3.05, 3.63) is 78.2 Å². The number of aliphatic imine (C=N–C) groups is 1. The van der Waals surface area contributed by atoms with Gasteiger partial charge in [-0.2, -0.15) is 0 Å². The number of amides is 1. The van der Waals surface area contributed by atoms with Crippen LogP contribution in [0.4, 0.5) is 5.69 Å². The largest absolute Gasteiger partial charge is 0.336 e. The van der Waals surface area contributed by atoms with Crippen LogP contribution in [0.25, 0.3) is 28.1 Å². The summed E-state index contributed by atoms with van der Waals surface area (Å²) in [5.41, 5.74) is 7.25. The number of hydrogen-bond acceptors (Lipinski definition) is 7. The van der Waals surface area contributed by atoms with Gasteiger partial charge in [0.1, 0.15) is 17.6 Å². The number of pyridine rings is 3. The van der Waals surface area contributed by atoms with Gasteiger partial charge in [-0.25, -0.2) is 15.0 Å². The molecule has 1 unspecified atom stereocenters. The molecule has 7 rings (SSSR count). The Kier molecular flexibility index (Phi) is 5.03. The Morgan fingerprint density at radius 2 is 2.00 bits per heavy atom. The molecule has 1 aliphatic carbocycles. The van der Waals surface area contributed by atoms with E-state index < -0.39 is 5.41 Å². The fraction of sp³-hybridized carbons (Fsp3) is 0.276. The molecule has 0 spiro atoms. The zero-order chi connectivity index (χ0) is 26.9. The monoisotopic (exact) mass is 517 g/mol. The van der Waals surface area contributed by atoms with Crippen molar-refractivity contribution < 1.29 is 4.79 Å². The molecule has 0 bridgehead atoms. The average Bonchev–Trinajstić information content (AvgIpc) is 3.36. The van der Waals surface area contributed by atoms with Gasteiger partial charge in [0, 0.05) is 47.2 Å². The Balaban J connectivity index is 1.28. The van der Waals surface area contributed by atoms with E-state index in [2.05, 4.69) is 31.3 Å². The van der Waals surface area contributed by atoms with Gasteiger partial charge in [-0.1, -0.05) is 20.8 Å². The predicted molar refractivity (Wildman–Crippen MR) is 148 cm³/mol. The summed E-state index contributed by atoms with van der Waals surface area (Å²) >= 11 is 0. The summed E-state index contributed by atoms with van der Waals surface area (Å²) in [6.07, 6.45) is 11.8. The van der Waals surface area contributed by atoms with Gasteiger partial charge in [-0.05, 0) is 37.1 Å². The number of nitrogens with zero attached hydrogens (tertiary/aromatic N) is 7. The highest BCUT2D eigenvalue weighted by Crippen LogP contribution is 2.49. The smallest absolute Gasteiger partial charge is 0.229 e. The number of aromatic amines is 1. The number of rotatable bonds is 4. The van der Waals surface area contributed by atoms with E-state index in [1.54, 1.807) is 24.9 Å². The molecule has 10 heteroatoms. The number of H-pyrrole nitrogens is 1. The normalized spacial score (nSPS) is 17.9. The van der Waals surface area contributed by atoms with Crippen molar-refractivity contribution in [1.82, 2.24) is 34.5 Å². The van der Waals surface area contributed by atoms with Crippen LogP contribution in [-0.4, -0.2) is 52.1 Å². The maximum atomic E-state index is 12.5. The third-order valence-corrected chi connectivity index (χ3v) is 7.18. The van der Waals surface area contributed by atoms with E-state index in [0.717, 1.165) is 45.7 Å². The summed E-state index contributed by atoms with van der Waals surface area (Å²) in [7, 11) is 0. The van der Waals surface area contributed by atoms with E-state index in [-0.39, 0.29) is 11.9 Å². The molecule has 6 heterocycles. The van der Waals surface area contributed by atoms with Crippen LogP contribution in [0, 0.1) is 12.3 Å². The van der Waals surface area contributed by atoms with Crippen LogP contribution >= 0.6 is 0 Å². The fourth-order valence-corrected chi connectivity index (χ4v) is 4.93. The van der Waals surface area contributed by atoms with Crippen LogP contribution in [0.2, 0.25) is 0 Å². The van der Waals surface area contributed by atoms with Gasteiger partial charge in [0.25, 0.3) is 0 Å². The van der Waals surface area contributed by atoms with Crippen molar-refractivity contribution in [3.8, 4) is 17.1 Å². The molecule has 1 saturated carbocycles. The van der Waals surface area contributed by atoms with E-state index in [1.807, 2.05) is 56.8 Å². The molecular weight excluding hydrogens is 490 g/mol. The number of nitrogens with one attached hydrogen (secondary N) is 2. The number of imidazole rings is 2. The first kappa shape index (κ1) is 23.4. The fourth-order valence-electron chi connectivity index (χ4n) is 4.93. The molecule has 194 valence electrons. The van der Waals surface area contributed by atoms with Crippen LogP contribution in [-0.2, 0) is 4.79 Å². The highest BCUT2D eigenvalue weighted by molar-refractivity contribution is 6.14. The van der Waals surface area contributed by atoms with E-state index in [1.165, 1.54) is 5.56 Å². The Morgan fingerprint density at radius 3 is 2.79 bits per heavy atom. The van der Waals surface area contributed by atoms with Crippen molar-refractivity contribution in [2.24, 2.45) is 10.4 Å². The van der Waals surface area contributed by atoms with Crippen molar-refractivity contribution in [2.45, 2.75) is 46.1 Å². The zero-order valence-electron chi connectivity index (χ0n) is 22.1. The lowest BCUT2D eigenvalue weighted by Gasteiger charge is -2.18. The quantitative estimate of drug-likeness (QED) is 0.359. The van der Waals surface area contributed by atoms with Crippen LogP contribution in [0.15, 0.2) is 60.5 Å². The number of hydrogen-bond donors (Lipinski definition) is 2. The van der Waals surface area contributed by atoms with Crippen LogP contribution < -0.4 is 5.32 Å². The number of aromatic nitrogens is 7. The molecule has 5 aromatic rings. The van der Waals surface area contributed by atoms with Gasteiger partial charge in [0.2, 0.25) is 5.91 Å². The first-order valence-electron chi connectivity index (χ1n) is 13.0. The maximum Gasteiger partial charge on any atom is 0.229 e. The second-order valence-corrected chi connectivity index (χ2v) is 11.2. The summed E-state index contributed by atoms with van der Waals surface area (Å²) in [4.78, 5) is 44.1. The van der Waals surface area contributed by atoms with Gasteiger partial charge >= 0.3 is 0 Å². The van der Waals surface area contributed by atoms with Crippen molar-refractivity contribution >= 4 is 28.3 Å². The van der Waals surface area contributed by atoms with Crippen molar-refractivity contribution in [3.63, 3.8) is 0 Å². The third-order valence-electron chi connectivity index (χ3n) is 7.18. The second-order valence-electron chi connectivity index (χ2n) is 11.2. The summed E-state index contributed by atoms with van der Waals surface area (Å²) in [6.45, 7) is 7.58. The molecule has 2 N–H and O–H groups in total. The summed E-state index contributed by atoms with van der Waals surface area (Å²) < 4.78 is 1.89. The van der Waals surface area contributed by atoms with Gasteiger partial charge < -0.3 is 10.3 Å². The zero-order valence-corrected chi connectivity index (χ0v) is 22.1. The van der Waals surface area contributed by atoms with E-state index >= 15 is 0 Å². The number of carbonyl (C=O) groups is 1. The summed E-state index contributed by atoms with van der Waals surface area (Å²) in [6, 6.07) is 6.13. The number of carbonyl (C=O) groups excluding carboxylic acids is 1. The molecule has 5 aromatic heterocycles. The lowest BCUT2D eigenvalue weighted by atomic mass is 9.95. The number of aryl methyl sites for hydroxylation is 1. The number of anilines is 1. The molecule has 2 atom stereocenters. The Labute approximate surface area is 224 Å². The lowest BCUT2D eigenvalue weighted by Crippen LogP contribution is -2.27. The molecule has 0 aromatic carbocycles. The van der Waals surface area contributed by atoms with Crippen molar-refractivity contribution in [2.75, 3.05) is 5.32 Å². The van der Waals surface area contributed by atoms with Crippen molar-refractivity contribution in [1.29, 1.82) is 0 Å². The summed E-state index contributed by atoms with van der Waals surface area (Å²) in [5.74, 6) is 1.73. The minimum atomic E-state index is -0.509. The highest BCUT2D eigenvalue weighted by Gasteiger charge is 2.44. The molecular formula is C29H27N9O. The Hall–Kier alpha value is -4.73. The molecule has 2 aliphatic rings. The first-order chi connectivity index (χ1) is 18.7. The minimum absolute atomic E-state index is 0.0707. The first-order valence-corrected chi connectivity index (χ1v) is 13.0. The standard InChI is InChI=1S/C29H27N9O/c1-15-13-38(14-33-15)27-25-21(5-6-31-27)36-26(37-25)24-19-9-22(32-12-20(19)18-8-23(18)35-24)16-7-17(11-30-10-16)34-28(39)29(2,3)4/h5-7,9-14,18,23H,8H2,1-4H3,(H,34,39)(H,36,37)/t18?,23-/m1/s1. The SMILES string of the molecule is Cc1cn(-c2nccc3[nH]c(C4=N[C@@H]5CC5c5cnc(-c6cncc(NC(=O)C(C)(C)C)c6)cc54)nc23)cn1. The van der Waals surface area contributed by atoms with Crippen LogP contribution in [0.5, 0.6) is 0 Å². The van der Waals surface area contributed by atoms with E-state index in [0.29, 0.717) is 23.2 Å². The molecule has 1 aliphatic heterocycles. The van der Waals surface area contributed by atoms with Gasteiger partial charge in [-0.15, -0.1) is 0 Å². The Morgan fingerprint density at radius 1 is 1.13 bits per heavy atom. The minimum Gasteiger partial charge on any atom is -0.336 e. The van der Waals surface area contributed by atoms with Gasteiger partial charge in [0.05, 0.1) is 34.8 Å². The highest BCUT2D eigenvalue weighted by atomic mass is 16.2. The topological polar surface area (TPSA) is 127 Å². The lowest BCUT2D eigenvalue weighted by molar-refractivity contribution is -0.123.